The smallest absolute Gasteiger partial charge is 0.125 e. The van der Waals surface area contributed by atoms with Gasteiger partial charge in [0.15, 0.2) is 0 Å². The van der Waals surface area contributed by atoms with Crippen LogP contribution >= 0.6 is 11.6 Å². The number of halogens is 1. The Morgan fingerprint density at radius 2 is 2.19 bits per heavy atom. The number of hydrogen-bond donors (Lipinski definition) is 1. The van der Waals surface area contributed by atoms with Crippen molar-refractivity contribution < 1.29 is 9.15 Å². The van der Waals surface area contributed by atoms with E-state index < -0.39 is 0 Å². The highest BCUT2D eigenvalue weighted by molar-refractivity contribution is 6.30. The summed E-state index contributed by atoms with van der Waals surface area (Å²) in [4.78, 5) is 0. The number of rotatable bonds is 3. The fraction of sp³-hybridized carbons (Fsp3) is 0.167. The minimum absolute atomic E-state index is 0.345. The van der Waals surface area contributed by atoms with Crippen LogP contribution in [-0.2, 0) is 0 Å². The molecule has 2 aromatic rings. The minimum atomic E-state index is -0.345. The Bertz CT molecular complexity index is 468. The highest BCUT2D eigenvalue weighted by Crippen LogP contribution is 2.30. The second-order valence-electron chi connectivity index (χ2n) is 3.38. The van der Waals surface area contributed by atoms with Gasteiger partial charge in [0.25, 0.3) is 0 Å². The van der Waals surface area contributed by atoms with Gasteiger partial charge in [-0.3, -0.25) is 0 Å². The molecule has 4 heteroatoms. The van der Waals surface area contributed by atoms with E-state index >= 15 is 0 Å². The molecule has 0 aliphatic heterocycles. The van der Waals surface area contributed by atoms with E-state index in [4.69, 9.17) is 26.5 Å². The predicted octanol–water partition coefficient (Wildman–Crippen LogP) is 2.99. The van der Waals surface area contributed by atoms with Crippen molar-refractivity contribution in [3.8, 4) is 5.75 Å². The van der Waals surface area contributed by atoms with Gasteiger partial charge in [-0.15, -0.1) is 0 Å². The molecule has 2 N–H and O–H groups in total. The Morgan fingerprint density at radius 3 is 2.81 bits per heavy atom. The zero-order chi connectivity index (χ0) is 11.5. The molecule has 0 spiro atoms. The summed E-state index contributed by atoms with van der Waals surface area (Å²) in [6.45, 7) is 0. The van der Waals surface area contributed by atoms with E-state index in [1.165, 1.54) is 0 Å². The lowest BCUT2D eigenvalue weighted by Gasteiger charge is -2.13. The quantitative estimate of drug-likeness (QED) is 0.893. The van der Waals surface area contributed by atoms with Crippen LogP contribution in [0, 0.1) is 0 Å². The fourth-order valence-corrected chi connectivity index (χ4v) is 1.73. The number of hydrogen-bond acceptors (Lipinski definition) is 3. The van der Waals surface area contributed by atoms with Crippen LogP contribution in [0.1, 0.15) is 17.4 Å². The van der Waals surface area contributed by atoms with Crippen molar-refractivity contribution in [2.75, 3.05) is 7.11 Å². The van der Waals surface area contributed by atoms with Crippen molar-refractivity contribution >= 4 is 11.6 Å². The molecule has 3 nitrogen and oxygen atoms in total. The van der Waals surface area contributed by atoms with Crippen LogP contribution in [0.25, 0.3) is 0 Å². The first kappa shape index (κ1) is 11.0. The fourth-order valence-electron chi connectivity index (χ4n) is 1.56. The van der Waals surface area contributed by atoms with Crippen molar-refractivity contribution in [1.82, 2.24) is 0 Å². The van der Waals surface area contributed by atoms with Gasteiger partial charge in [-0.2, -0.15) is 0 Å². The van der Waals surface area contributed by atoms with Crippen LogP contribution in [-0.4, -0.2) is 7.11 Å². The molecule has 0 aliphatic carbocycles. The Morgan fingerprint density at radius 1 is 1.38 bits per heavy atom. The number of benzene rings is 1. The SMILES string of the molecule is COc1cc(Cl)ccc1C(N)c1ccco1. The van der Waals surface area contributed by atoms with Crippen LogP contribution in [0.2, 0.25) is 5.02 Å². The number of methoxy groups -OCH3 is 1. The zero-order valence-electron chi connectivity index (χ0n) is 8.81. The van der Waals surface area contributed by atoms with E-state index in [9.17, 15) is 0 Å². The first-order valence-corrected chi connectivity index (χ1v) is 5.22. The molecule has 0 amide bonds. The number of furan rings is 1. The molecular formula is C12H12ClNO2. The summed E-state index contributed by atoms with van der Waals surface area (Å²) >= 11 is 5.88. The van der Waals surface area contributed by atoms with E-state index in [1.807, 2.05) is 12.1 Å². The summed E-state index contributed by atoms with van der Waals surface area (Å²) in [5.41, 5.74) is 6.92. The van der Waals surface area contributed by atoms with Crippen molar-refractivity contribution in [3.63, 3.8) is 0 Å². The minimum Gasteiger partial charge on any atom is -0.496 e. The first-order chi connectivity index (χ1) is 7.72. The van der Waals surface area contributed by atoms with E-state index in [1.54, 1.807) is 31.6 Å². The van der Waals surface area contributed by atoms with E-state index in [2.05, 4.69) is 0 Å². The summed E-state index contributed by atoms with van der Waals surface area (Å²) in [6, 6.07) is 8.65. The highest BCUT2D eigenvalue weighted by atomic mass is 35.5. The molecule has 0 fully saturated rings. The molecule has 1 unspecified atom stereocenters. The van der Waals surface area contributed by atoms with E-state index in [-0.39, 0.29) is 6.04 Å². The number of nitrogens with two attached hydrogens (primary N) is 1. The molecule has 84 valence electrons. The van der Waals surface area contributed by atoms with Gasteiger partial charge in [-0.1, -0.05) is 17.7 Å². The van der Waals surface area contributed by atoms with E-state index in [0.717, 1.165) is 5.56 Å². The molecule has 1 heterocycles. The molecule has 1 aromatic carbocycles. The molecule has 0 bridgehead atoms. The van der Waals surface area contributed by atoms with Crippen molar-refractivity contribution in [2.45, 2.75) is 6.04 Å². The maximum absolute atomic E-state index is 6.07. The summed E-state index contributed by atoms with van der Waals surface area (Å²) < 4.78 is 10.5. The third-order valence-electron chi connectivity index (χ3n) is 2.38. The second kappa shape index (κ2) is 4.60. The van der Waals surface area contributed by atoms with Gasteiger partial charge in [-0.05, 0) is 24.3 Å². The van der Waals surface area contributed by atoms with Gasteiger partial charge < -0.3 is 14.9 Å². The molecule has 0 radical (unpaired) electrons. The molecule has 0 aliphatic rings. The molecular weight excluding hydrogens is 226 g/mol. The molecule has 1 atom stereocenters. The largest absolute Gasteiger partial charge is 0.496 e. The van der Waals surface area contributed by atoms with Gasteiger partial charge >= 0.3 is 0 Å². The van der Waals surface area contributed by atoms with Crippen LogP contribution in [0.3, 0.4) is 0 Å². The van der Waals surface area contributed by atoms with Crippen molar-refractivity contribution in [2.24, 2.45) is 5.73 Å². The van der Waals surface area contributed by atoms with Crippen molar-refractivity contribution in [3.05, 3.63) is 52.9 Å². The summed E-state index contributed by atoms with van der Waals surface area (Å²) in [6.07, 6.45) is 1.59. The Balaban J connectivity index is 2.40. The summed E-state index contributed by atoms with van der Waals surface area (Å²) in [5.74, 6) is 1.36. The third kappa shape index (κ3) is 2.05. The Labute approximate surface area is 98.8 Å². The van der Waals surface area contributed by atoms with E-state index in [0.29, 0.717) is 16.5 Å². The zero-order valence-corrected chi connectivity index (χ0v) is 9.57. The summed E-state index contributed by atoms with van der Waals surface area (Å²) in [7, 11) is 1.59. The van der Waals surface area contributed by atoms with Crippen LogP contribution in [0.5, 0.6) is 5.75 Å². The van der Waals surface area contributed by atoms with Crippen LogP contribution in [0.15, 0.2) is 41.0 Å². The van der Waals surface area contributed by atoms with Gasteiger partial charge in [-0.25, -0.2) is 0 Å². The highest BCUT2D eigenvalue weighted by Gasteiger charge is 2.16. The van der Waals surface area contributed by atoms with Gasteiger partial charge in [0.05, 0.1) is 19.4 Å². The Kier molecular flexibility index (Phi) is 3.17. The van der Waals surface area contributed by atoms with Gasteiger partial charge in [0, 0.05) is 10.6 Å². The lowest BCUT2D eigenvalue weighted by Crippen LogP contribution is -2.12. The lowest BCUT2D eigenvalue weighted by molar-refractivity contribution is 0.403. The predicted molar refractivity (Wildman–Crippen MR) is 62.7 cm³/mol. The van der Waals surface area contributed by atoms with Gasteiger partial charge in [0.2, 0.25) is 0 Å². The number of ether oxygens (including phenoxy) is 1. The molecule has 16 heavy (non-hydrogen) atoms. The van der Waals surface area contributed by atoms with Crippen molar-refractivity contribution in [1.29, 1.82) is 0 Å². The molecule has 0 saturated carbocycles. The maximum atomic E-state index is 6.07. The Hall–Kier alpha value is -1.45. The maximum Gasteiger partial charge on any atom is 0.125 e. The molecule has 2 rings (SSSR count). The van der Waals surface area contributed by atoms with Crippen LogP contribution in [0.4, 0.5) is 0 Å². The standard InChI is InChI=1S/C12H12ClNO2/c1-15-11-7-8(13)4-5-9(11)12(14)10-3-2-6-16-10/h2-7,12H,14H2,1H3. The monoisotopic (exact) mass is 237 g/mol. The summed E-state index contributed by atoms with van der Waals surface area (Å²) in [5, 5.41) is 0.618. The average molecular weight is 238 g/mol. The first-order valence-electron chi connectivity index (χ1n) is 4.85. The average Bonchev–Trinajstić information content (AvgIpc) is 2.81. The third-order valence-corrected chi connectivity index (χ3v) is 2.62. The normalized spacial score (nSPS) is 12.4. The second-order valence-corrected chi connectivity index (χ2v) is 3.82. The lowest BCUT2D eigenvalue weighted by atomic mass is 10.0. The van der Waals surface area contributed by atoms with Gasteiger partial charge in [0.1, 0.15) is 11.5 Å². The topological polar surface area (TPSA) is 48.4 Å². The molecule has 1 aromatic heterocycles. The molecule has 0 saturated heterocycles. The van der Waals surface area contributed by atoms with Crippen LogP contribution < -0.4 is 10.5 Å².